The van der Waals surface area contributed by atoms with E-state index in [4.69, 9.17) is 4.74 Å². The molecule has 0 aliphatic heterocycles. The Balaban J connectivity index is 2.27. The van der Waals surface area contributed by atoms with Crippen LogP contribution >= 0.6 is 0 Å². The number of aryl methyl sites for hydroxylation is 1. The maximum absolute atomic E-state index is 5.13. The number of pyridine rings is 1. The van der Waals surface area contributed by atoms with E-state index in [0.717, 1.165) is 28.1 Å². The largest absolute Gasteiger partial charge is 0.497 e. The molecule has 2 heteroatoms. The highest BCUT2D eigenvalue weighted by molar-refractivity contribution is 5.76. The fourth-order valence-corrected chi connectivity index (χ4v) is 1.59. The van der Waals surface area contributed by atoms with Crippen molar-refractivity contribution >= 4 is 5.57 Å². The van der Waals surface area contributed by atoms with Gasteiger partial charge in [0.25, 0.3) is 0 Å². The fraction of sp³-hybridized carbons (Fsp3) is 0.133. The van der Waals surface area contributed by atoms with Gasteiger partial charge >= 0.3 is 0 Å². The van der Waals surface area contributed by atoms with Gasteiger partial charge in [-0.3, -0.25) is 4.98 Å². The number of nitrogens with zero attached hydrogens (tertiary/aromatic N) is 1. The van der Waals surface area contributed by atoms with Gasteiger partial charge in [0, 0.05) is 11.8 Å². The number of benzene rings is 1. The van der Waals surface area contributed by atoms with Gasteiger partial charge in [0.05, 0.1) is 12.8 Å². The third kappa shape index (κ3) is 2.53. The van der Waals surface area contributed by atoms with Crippen molar-refractivity contribution in [2.45, 2.75) is 6.92 Å². The zero-order valence-electron chi connectivity index (χ0n) is 10.1. The van der Waals surface area contributed by atoms with E-state index in [9.17, 15) is 0 Å². The standard InChI is InChI=1S/C15H15NO/c1-11-4-9-15(16-10-11)12(2)13-5-7-14(17-3)8-6-13/h4-10H,2H2,1,3H3. The number of hydrogen-bond donors (Lipinski definition) is 0. The summed E-state index contributed by atoms with van der Waals surface area (Å²) in [5.74, 6) is 0.846. The Morgan fingerprint density at radius 2 is 1.82 bits per heavy atom. The van der Waals surface area contributed by atoms with Crippen molar-refractivity contribution in [2.75, 3.05) is 7.11 Å². The summed E-state index contributed by atoms with van der Waals surface area (Å²) in [6, 6.07) is 11.9. The van der Waals surface area contributed by atoms with Gasteiger partial charge in [-0.1, -0.05) is 24.8 Å². The van der Waals surface area contributed by atoms with Crippen molar-refractivity contribution < 1.29 is 4.74 Å². The summed E-state index contributed by atoms with van der Waals surface area (Å²) in [5, 5.41) is 0. The number of hydrogen-bond acceptors (Lipinski definition) is 2. The molecule has 0 saturated heterocycles. The van der Waals surface area contributed by atoms with Gasteiger partial charge < -0.3 is 4.74 Å². The van der Waals surface area contributed by atoms with Crippen LogP contribution in [0.1, 0.15) is 16.8 Å². The van der Waals surface area contributed by atoms with Crippen LogP contribution < -0.4 is 4.74 Å². The number of aromatic nitrogens is 1. The lowest BCUT2D eigenvalue weighted by atomic mass is 10.0. The van der Waals surface area contributed by atoms with Gasteiger partial charge in [-0.25, -0.2) is 0 Å². The van der Waals surface area contributed by atoms with E-state index < -0.39 is 0 Å². The molecule has 0 bridgehead atoms. The van der Waals surface area contributed by atoms with Gasteiger partial charge in [0.2, 0.25) is 0 Å². The highest BCUT2D eigenvalue weighted by atomic mass is 16.5. The molecule has 1 aromatic heterocycles. The summed E-state index contributed by atoms with van der Waals surface area (Å²) in [6.07, 6.45) is 1.85. The number of methoxy groups -OCH3 is 1. The summed E-state index contributed by atoms with van der Waals surface area (Å²) >= 11 is 0. The Bertz CT molecular complexity index is 512. The molecular weight excluding hydrogens is 210 g/mol. The summed E-state index contributed by atoms with van der Waals surface area (Å²) in [4.78, 5) is 4.37. The zero-order chi connectivity index (χ0) is 12.3. The smallest absolute Gasteiger partial charge is 0.118 e. The summed E-state index contributed by atoms with van der Waals surface area (Å²) in [5.41, 5.74) is 4.03. The van der Waals surface area contributed by atoms with Crippen molar-refractivity contribution in [1.29, 1.82) is 0 Å². The van der Waals surface area contributed by atoms with Crippen LogP contribution in [0.25, 0.3) is 5.57 Å². The van der Waals surface area contributed by atoms with E-state index in [2.05, 4.69) is 11.6 Å². The van der Waals surface area contributed by atoms with E-state index in [-0.39, 0.29) is 0 Å². The van der Waals surface area contributed by atoms with E-state index in [1.807, 2.05) is 49.5 Å². The molecule has 86 valence electrons. The van der Waals surface area contributed by atoms with E-state index in [1.54, 1.807) is 7.11 Å². The molecule has 0 amide bonds. The first-order chi connectivity index (χ1) is 8.20. The van der Waals surface area contributed by atoms with Gasteiger partial charge in [0.15, 0.2) is 0 Å². The molecule has 0 aliphatic carbocycles. The Hall–Kier alpha value is -2.09. The predicted octanol–water partition coefficient (Wildman–Crippen LogP) is 3.46. The predicted molar refractivity (Wildman–Crippen MR) is 70.1 cm³/mol. The Morgan fingerprint density at radius 1 is 1.12 bits per heavy atom. The SMILES string of the molecule is C=C(c1ccc(OC)cc1)c1ccc(C)cn1. The average Bonchev–Trinajstić information content (AvgIpc) is 2.39. The molecule has 0 spiro atoms. The highest BCUT2D eigenvalue weighted by Gasteiger charge is 2.03. The normalized spacial score (nSPS) is 10.0. The second kappa shape index (κ2) is 4.83. The molecule has 0 aliphatic rings. The molecule has 2 nitrogen and oxygen atoms in total. The quantitative estimate of drug-likeness (QED) is 0.798. The lowest BCUT2D eigenvalue weighted by Gasteiger charge is -2.06. The lowest BCUT2D eigenvalue weighted by Crippen LogP contribution is -1.91. The minimum Gasteiger partial charge on any atom is -0.497 e. The van der Waals surface area contributed by atoms with Gasteiger partial charge in [0.1, 0.15) is 5.75 Å². The van der Waals surface area contributed by atoms with Crippen LogP contribution in [0.3, 0.4) is 0 Å². The third-order valence-electron chi connectivity index (χ3n) is 2.66. The molecule has 2 aromatic rings. The number of ether oxygens (including phenoxy) is 1. The maximum Gasteiger partial charge on any atom is 0.118 e. The van der Waals surface area contributed by atoms with E-state index >= 15 is 0 Å². The molecule has 0 atom stereocenters. The lowest BCUT2D eigenvalue weighted by molar-refractivity contribution is 0.415. The highest BCUT2D eigenvalue weighted by Crippen LogP contribution is 2.22. The molecule has 0 saturated carbocycles. The topological polar surface area (TPSA) is 22.1 Å². The van der Waals surface area contributed by atoms with Crippen LogP contribution in [0.5, 0.6) is 5.75 Å². The maximum atomic E-state index is 5.13. The second-order valence-corrected chi connectivity index (χ2v) is 3.93. The van der Waals surface area contributed by atoms with Crippen molar-refractivity contribution in [3.63, 3.8) is 0 Å². The molecule has 0 unspecified atom stereocenters. The van der Waals surface area contributed by atoms with Crippen LogP contribution in [0.4, 0.5) is 0 Å². The van der Waals surface area contributed by atoms with Crippen LogP contribution in [0, 0.1) is 6.92 Å². The number of rotatable bonds is 3. The molecular formula is C15H15NO. The molecule has 0 fully saturated rings. The van der Waals surface area contributed by atoms with E-state index in [1.165, 1.54) is 0 Å². The zero-order valence-corrected chi connectivity index (χ0v) is 10.1. The summed E-state index contributed by atoms with van der Waals surface area (Å²) in [7, 11) is 1.66. The fourth-order valence-electron chi connectivity index (χ4n) is 1.59. The molecule has 17 heavy (non-hydrogen) atoms. The molecule has 1 aromatic carbocycles. The Kier molecular flexibility index (Phi) is 3.24. The van der Waals surface area contributed by atoms with Gasteiger partial charge in [-0.05, 0) is 36.2 Å². The van der Waals surface area contributed by atoms with Crippen molar-refractivity contribution in [3.8, 4) is 5.75 Å². The van der Waals surface area contributed by atoms with Crippen molar-refractivity contribution in [3.05, 3.63) is 66.0 Å². The van der Waals surface area contributed by atoms with Gasteiger partial charge in [-0.2, -0.15) is 0 Å². The molecule has 0 N–H and O–H groups in total. The minimum absolute atomic E-state index is 0.846. The Morgan fingerprint density at radius 3 is 2.35 bits per heavy atom. The van der Waals surface area contributed by atoms with Crippen molar-refractivity contribution in [1.82, 2.24) is 4.98 Å². The van der Waals surface area contributed by atoms with Gasteiger partial charge in [-0.15, -0.1) is 0 Å². The monoisotopic (exact) mass is 225 g/mol. The Labute approximate surface area is 102 Å². The van der Waals surface area contributed by atoms with Crippen LogP contribution in [-0.4, -0.2) is 12.1 Å². The summed E-state index contributed by atoms with van der Waals surface area (Å²) in [6.45, 7) is 6.10. The van der Waals surface area contributed by atoms with Crippen molar-refractivity contribution in [2.24, 2.45) is 0 Å². The first-order valence-corrected chi connectivity index (χ1v) is 5.47. The average molecular weight is 225 g/mol. The molecule has 1 heterocycles. The van der Waals surface area contributed by atoms with E-state index in [0.29, 0.717) is 0 Å². The third-order valence-corrected chi connectivity index (χ3v) is 2.66. The first-order valence-electron chi connectivity index (χ1n) is 5.47. The van der Waals surface area contributed by atoms with Crippen LogP contribution in [0.2, 0.25) is 0 Å². The van der Waals surface area contributed by atoms with Crippen LogP contribution in [-0.2, 0) is 0 Å². The minimum atomic E-state index is 0.846. The molecule has 2 rings (SSSR count). The van der Waals surface area contributed by atoms with Crippen LogP contribution in [0.15, 0.2) is 49.2 Å². The summed E-state index contributed by atoms with van der Waals surface area (Å²) < 4.78 is 5.13. The second-order valence-electron chi connectivity index (χ2n) is 3.93. The molecule has 0 radical (unpaired) electrons. The first kappa shape index (κ1) is 11.4.